The molecule has 0 N–H and O–H groups in total. The van der Waals surface area contributed by atoms with Gasteiger partial charge in [0, 0.05) is 31.2 Å². The van der Waals surface area contributed by atoms with Gasteiger partial charge in [-0.15, -0.1) is 0 Å². The highest BCUT2D eigenvalue weighted by atomic mass is 19.1. The van der Waals surface area contributed by atoms with Crippen LogP contribution in [0.2, 0.25) is 0 Å². The molecule has 0 radical (unpaired) electrons. The van der Waals surface area contributed by atoms with Crippen LogP contribution >= 0.6 is 0 Å². The van der Waals surface area contributed by atoms with Crippen molar-refractivity contribution in [3.63, 3.8) is 0 Å². The largest absolute Gasteiger partial charge is 0.493 e. The van der Waals surface area contributed by atoms with Crippen molar-refractivity contribution in [3.05, 3.63) is 114 Å². The van der Waals surface area contributed by atoms with Crippen molar-refractivity contribution in [1.29, 1.82) is 0 Å². The van der Waals surface area contributed by atoms with Crippen LogP contribution < -0.4 is 4.74 Å². The number of hydrogen-bond acceptors (Lipinski definition) is 6. The molecule has 1 saturated heterocycles. The maximum absolute atomic E-state index is 13.8. The van der Waals surface area contributed by atoms with E-state index < -0.39 is 23.8 Å². The molecule has 2 atom stereocenters. The van der Waals surface area contributed by atoms with Crippen LogP contribution in [0.5, 0.6) is 5.75 Å². The van der Waals surface area contributed by atoms with E-state index in [-0.39, 0.29) is 18.3 Å². The van der Waals surface area contributed by atoms with Crippen LogP contribution in [-0.2, 0) is 25.6 Å². The molecule has 1 fully saturated rings. The van der Waals surface area contributed by atoms with E-state index in [0.717, 1.165) is 28.8 Å². The Balaban J connectivity index is 1.57. The molecule has 5 rings (SSSR count). The highest BCUT2D eigenvalue weighted by molar-refractivity contribution is 5.93. The van der Waals surface area contributed by atoms with Crippen LogP contribution in [-0.4, -0.2) is 35.9 Å². The molecule has 7 heteroatoms. The minimum atomic E-state index is -1.73. The minimum absolute atomic E-state index is 0.0942. The lowest BCUT2D eigenvalue weighted by atomic mass is 9.77. The molecule has 2 aliphatic heterocycles. The Kier molecular flexibility index (Phi) is 7.06. The first-order valence-corrected chi connectivity index (χ1v) is 12.3. The van der Waals surface area contributed by atoms with Gasteiger partial charge in [0.1, 0.15) is 18.2 Å². The Hall–Kier alpha value is -3.97. The Morgan fingerprint density at radius 3 is 2.22 bits per heavy atom. The monoisotopic (exact) mass is 501 g/mol. The number of nitrogens with zero attached hydrogens (tertiary/aromatic N) is 1. The molecule has 1 spiro atoms. The van der Waals surface area contributed by atoms with Gasteiger partial charge in [0.05, 0.1) is 5.92 Å². The lowest BCUT2D eigenvalue weighted by Crippen LogP contribution is -2.64. The summed E-state index contributed by atoms with van der Waals surface area (Å²) in [5, 5.41) is 0. The summed E-state index contributed by atoms with van der Waals surface area (Å²) in [6.45, 7) is 2.94. The Morgan fingerprint density at radius 1 is 0.919 bits per heavy atom. The normalized spacial score (nSPS) is 21.2. The summed E-state index contributed by atoms with van der Waals surface area (Å²) in [4.78, 5) is 27.5. The summed E-state index contributed by atoms with van der Waals surface area (Å²) in [5.41, 5.74) is 2.92. The SMILES string of the molecule is Cc1ccc(OCC2C(c3ccc(F)cc3)CCN(Cc3ccccc3)C23OC(=O)C=CC(=O)O3)cc1. The smallest absolute Gasteiger partial charge is 0.335 e. The number of rotatable bonds is 6. The zero-order chi connectivity index (χ0) is 25.8. The maximum Gasteiger partial charge on any atom is 0.335 e. The highest BCUT2D eigenvalue weighted by Crippen LogP contribution is 2.46. The number of likely N-dealkylation sites (tertiary alicyclic amines) is 1. The number of carbonyl (C=O) groups is 2. The van der Waals surface area contributed by atoms with Gasteiger partial charge in [0.25, 0.3) is 0 Å². The van der Waals surface area contributed by atoms with Crippen LogP contribution in [0.3, 0.4) is 0 Å². The lowest BCUT2D eigenvalue weighted by molar-refractivity contribution is -0.326. The molecular weight excluding hydrogens is 473 g/mol. The topological polar surface area (TPSA) is 65.1 Å². The summed E-state index contributed by atoms with van der Waals surface area (Å²) in [6.07, 6.45) is 2.82. The molecule has 2 heterocycles. The summed E-state index contributed by atoms with van der Waals surface area (Å²) < 4.78 is 32.0. The second kappa shape index (κ2) is 10.6. The van der Waals surface area contributed by atoms with E-state index in [1.165, 1.54) is 12.1 Å². The first-order chi connectivity index (χ1) is 17.9. The van der Waals surface area contributed by atoms with Crippen LogP contribution in [0, 0.1) is 18.7 Å². The summed E-state index contributed by atoms with van der Waals surface area (Å²) in [6, 6.07) is 23.6. The zero-order valence-electron chi connectivity index (χ0n) is 20.5. The van der Waals surface area contributed by atoms with Gasteiger partial charge in [0.2, 0.25) is 0 Å². The second-order valence-electron chi connectivity index (χ2n) is 9.39. The van der Waals surface area contributed by atoms with Gasteiger partial charge in [-0.2, -0.15) is 0 Å². The average molecular weight is 502 g/mol. The molecule has 0 saturated carbocycles. The number of piperidine rings is 1. The molecular formula is C30H28FNO5. The number of hydrogen-bond donors (Lipinski definition) is 0. The van der Waals surface area contributed by atoms with Crippen molar-refractivity contribution < 1.29 is 28.2 Å². The molecule has 3 aromatic carbocycles. The number of benzene rings is 3. The van der Waals surface area contributed by atoms with E-state index in [1.807, 2.05) is 66.4 Å². The van der Waals surface area contributed by atoms with Crippen molar-refractivity contribution >= 4 is 11.9 Å². The predicted octanol–water partition coefficient (Wildman–Crippen LogP) is 5.13. The molecule has 2 aliphatic rings. The van der Waals surface area contributed by atoms with Gasteiger partial charge in [-0.1, -0.05) is 60.2 Å². The standard InChI is InChI=1S/C30H28FNO5/c1-21-7-13-25(14-8-21)35-20-27-26(23-9-11-24(31)12-10-23)17-18-32(19-22-5-3-2-4-6-22)30(27)36-28(33)15-16-29(34)37-30/h2-16,26-27H,17-20H2,1H3. The van der Waals surface area contributed by atoms with Crippen molar-refractivity contribution in [2.45, 2.75) is 31.7 Å². The van der Waals surface area contributed by atoms with Gasteiger partial charge in [-0.3, -0.25) is 0 Å². The third kappa shape index (κ3) is 5.42. The van der Waals surface area contributed by atoms with Crippen LogP contribution in [0.4, 0.5) is 4.39 Å². The van der Waals surface area contributed by atoms with Crippen molar-refractivity contribution in [2.75, 3.05) is 13.2 Å². The fraction of sp³-hybridized carbons (Fsp3) is 0.267. The first-order valence-electron chi connectivity index (χ1n) is 12.3. The van der Waals surface area contributed by atoms with E-state index >= 15 is 0 Å². The van der Waals surface area contributed by atoms with Crippen molar-refractivity contribution in [1.82, 2.24) is 4.90 Å². The fourth-order valence-electron chi connectivity index (χ4n) is 5.08. The van der Waals surface area contributed by atoms with Crippen molar-refractivity contribution in [3.8, 4) is 5.75 Å². The maximum atomic E-state index is 13.8. The number of ether oxygens (including phenoxy) is 3. The van der Waals surface area contributed by atoms with Crippen LogP contribution in [0.15, 0.2) is 91.0 Å². The Morgan fingerprint density at radius 2 is 1.57 bits per heavy atom. The van der Waals surface area contributed by atoms with Crippen LogP contribution in [0.25, 0.3) is 0 Å². The van der Waals surface area contributed by atoms with E-state index in [2.05, 4.69) is 0 Å². The van der Waals surface area contributed by atoms with Gasteiger partial charge < -0.3 is 14.2 Å². The molecule has 2 unspecified atom stereocenters. The quantitative estimate of drug-likeness (QED) is 0.437. The first kappa shape index (κ1) is 24.7. The van der Waals surface area contributed by atoms with Gasteiger partial charge in [-0.25, -0.2) is 18.9 Å². The summed E-state index contributed by atoms with van der Waals surface area (Å²) >= 11 is 0. The Labute approximate surface area is 215 Å². The average Bonchev–Trinajstić information content (AvgIpc) is 3.05. The summed E-state index contributed by atoms with van der Waals surface area (Å²) in [5.74, 6) is -3.63. The van der Waals surface area contributed by atoms with Crippen LogP contribution in [0.1, 0.15) is 29.0 Å². The second-order valence-corrected chi connectivity index (χ2v) is 9.39. The van der Waals surface area contributed by atoms with E-state index in [9.17, 15) is 14.0 Å². The number of aryl methyl sites for hydroxylation is 1. The molecule has 0 aromatic heterocycles. The van der Waals surface area contributed by atoms with E-state index in [1.54, 1.807) is 12.1 Å². The van der Waals surface area contributed by atoms with Crippen molar-refractivity contribution in [2.24, 2.45) is 5.92 Å². The minimum Gasteiger partial charge on any atom is -0.493 e. The third-order valence-electron chi connectivity index (χ3n) is 6.92. The molecule has 0 bridgehead atoms. The molecule has 3 aromatic rings. The molecule has 0 aliphatic carbocycles. The fourth-order valence-corrected chi connectivity index (χ4v) is 5.08. The molecule has 0 amide bonds. The van der Waals surface area contributed by atoms with Gasteiger partial charge in [0.15, 0.2) is 0 Å². The highest BCUT2D eigenvalue weighted by Gasteiger charge is 2.58. The number of esters is 2. The van der Waals surface area contributed by atoms with Gasteiger partial charge >= 0.3 is 17.8 Å². The van der Waals surface area contributed by atoms with E-state index in [0.29, 0.717) is 25.3 Å². The number of halogens is 1. The third-order valence-corrected chi connectivity index (χ3v) is 6.92. The lowest BCUT2D eigenvalue weighted by Gasteiger charge is -2.51. The zero-order valence-corrected chi connectivity index (χ0v) is 20.5. The van der Waals surface area contributed by atoms with E-state index in [4.69, 9.17) is 14.2 Å². The summed E-state index contributed by atoms with van der Waals surface area (Å²) in [7, 11) is 0. The molecule has 190 valence electrons. The van der Waals surface area contributed by atoms with Gasteiger partial charge in [-0.05, 0) is 48.7 Å². The molecule has 37 heavy (non-hydrogen) atoms. The Bertz CT molecular complexity index is 1250. The predicted molar refractivity (Wildman–Crippen MR) is 135 cm³/mol. The molecule has 6 nitrogen and oxygen atoms in total. The number of carbonyl (C=O) groups excluding carboxylic acids is 2.